The van der Waals surface area contributed by atoms with E-state index in [1.807, 2.05) is 48.5 Å². The SMILES string of the molecule is CC(C)CN1C(=N)/C(=C(\NCc2ccc(-c3ccccn3)cc2)Nc2ccccc2)CN(C)C1=O. The molecule has 180 valence electrons. The van der Waals surface area contributed by atoms with Crippen molar-refractivity contribution in [3.05, 3.63) is 96.0 Å². The molecule has 0 spiro atoms. The molecular weight excluding hydrogens is 436 g/mol. The number of carbonyl (C=O) groups excluding carboxylic acids is 1. The van der Waals surface area contributed by atoms with Gasteiger partial charge in [0.1, 0.15) is 11.7 Å². The van der Waals surface area contributed by atoms with Crippen molar-refractivity contribution >= 4 is 17.6 Å². The highest BCUT2D eigenvalue weighted by Gasteiger charge is 2.33. The molecule has 0 bridgehead atoms. The normalized spacial score (nSPS) is 15.4. The Bertz CT molecular complexity index is 1190. The van der Waals surface area contributed by atoms with E-state index >= 15 is 0 Å². The summed E-state index contributed by atoms with van der Waals surface area (Å²) in [5.41, 5.74) is 4.77. The molecule has 1 aromatic heterocycles. The van der Waals surface area contributed by atoms with Crippen molar-refractivity contribution < 1.29 is 4.79 Å². The summed E-state index contributed by atoms with van der Waals surface area (Å²) < 4.78 is 0. The maximum atomic E-state index is 12.8. The molecule has 1 aliphatic rings. The van der Waals surface area contributed by atoms with Gasteiger partial charge < -0.3 is 15.5 Å². The van der Waals surface area contributed by atoms with E-state index in [2.05, 4.69) is 53.7 Å². The van der Waals surface area contributed by atoms with Gasteiger partial charge in [-0.1, -0.05) is 62.4 Å². The molecule has 2 heterocycles. The van der Waals surface area contributed by atoms with Gasteiger partial charge in [0.05, 0.1) is 17.8 Å². The zero-order valence-corrected chi connectivity index (χ0v) is 20.5. The van der Waals surface area contributed by atoms with Crippen LogP contribution in [0.25, 0.3) is 11.3 Å². The number of rotatable bonds is 8. The lowest BCUT2D eigenvalue weighted by molar-refractivity contribution is 0.179. The number of likely N-dealkylation sites (N-methyl/N-ethyl adjacent to an activating group) is 1. The highest BCUT2D eigenvalue weighted by Crippen LogP contribution is 2.21. The molecule has 0 radical (unpaired) electrons. The summed E-state index contributed by atoms with van der Waals surface area (Å²) in [5.74, 6) is 1.21. The lowest BCUT2D eigenvalue weighted by Gasteiger charge is -2.37. The number of aromatic nitrogens is 1. The van der Waals surface area contributed by atoms with Crippen molar-refractivity contribution in [3.63, 3.8) is 0 Å². The Morgan fingerprint density at radius 3 is 2.40 bits per heavy atom. The second kappa shape index (κ2) is 10.9. The second-order valence-electron chi connectivity index (χ2n) is 9.10. The van der Waals surface area contributed by atoms with Crippen LogP contribution < -0.4 is 10.6 Å². The van der Waals surface area contributed by atoms with Gasteiger partial charge in [-0.2, -0.15) is 0 Å². The van der Waals surface area contributed by atoms with E-state index in [4.69, 9.17) is 5.41 Å². The Balaban J connectivity index is 1.60. The summed E-state index contributed by atoms with van der Waals surface area (Å²) in [6.07, 6.45) is 1.79. The van der Waals surface area contributed by atoms with Gasteiger partial charge >= 0.3 is 6.03 Å². The summed E-state index contributed by atoms with van der Waals surface area (Å²) in [6, 6.07) is 23.9. The molecule has 1 saturated heterocycles. The van der Waals surface area contributed by atoms with Gasteiger partial charge in [0.2, 0.25) is 0 Å². The highest BCUT2D eigenvalue weighted by molar-refractivity contribution is 6.09. The number of carbonyl (C=O) groups is 1. The summed E-state index contributed by atoms with van der Waals surface area (Å²) in [7, 11) is 1.78. The third kappa shape index (κ3) is 5.87. The lowest BCUT2D eigenvalue weighted by atomic mass is 10.1. The smallest absolute Gasteiger partial charge is 0.325 e. The minimum Gasteiger partial charge on any atom is -0.367 e. The molecule has 1 fully saturated rings. The van der Waals surface area contributed by atoms with Gasteiger partial charge in [0.15, 0.2) is 0 Å². The van der Waals surface area contributed by atoms with Crippen molar-refractivity contribution in [1.82, 2.24) is 20.1 Å². The minimum absolute atomic E-state index is 0.142. The maximum absolute atomic E-state index is 12.8. The van der Waals surface area contributed by atoms with E-state index in [9.17, 15) is 4.79 Å². The quantitative estimate of drug-likeness (QED) is 0.426. The number of urea groups is 1. The number of amides is 2. The molecule has 0 unspecified atom stereocenters. The molecule has 3 N–H and O–H groups in total. The van der Waals surface area contributed by atoms with Crippen LogP contribution >= 0.6 is 0 Å². The average Bonchev–Trinajstić information content (AvgIpc) is 2.88. The standard InChI is InChI=1S/C28H32N6O/c1-20(2)18-34-26(29)24(19-33(3)28(34)35)27(32-23-9-5-4-6-10-23)31-17-21-12-14-22(15-13-21)25-11-7-8-16-30-25/h4-16,20,29,31-32H,17-19H2,1-3H3/b27-24+,29-26?. The lowest BCUT2D eigenvalue weighted by Crippen LogP contribution is -2.53. The topological polar surface area (TPSA) is 84.3 Å². The summed E-state index contributed by atoms with van der Waals surface area (Å²) in [4.78, 5) is 20.4. The largest absolute Gasteiger partial charge is 0.367 e. The molecule has 7 nitrogen and oxygen atoms in total. The Hall–Kier alpha value is -4.13. The third-order valence-electron chi connectivity index (χ3n) is 5.79. The first kappa shape index (κ1) is 24.0. The Morgan fingerprint density at radius 1 is 1.03 bits per heavy atom. The first-order chi connectivity index (χ1) is 16.9. The number of nitrogens with zero attached hydrogens (tertiary/aromatic N) is 3. The van der Waals surface area contributed by atoms with E-state index in [1.165, 1.54) is 0 Å². The van der Waals surface area contributed by atoms with Crippen LogP contribution in [0.3, 0.4) is 0 Å². The Morgan fingerprint density at radius 2 is 1.74 bits per heavy atom. The van der Waals surface area contributed by atoms with Crippen LogP contribution in [-0.4, -0.2) is 46.8 Å². The first-order valence-corrected chi connectivity index (χ1v) is 11.8. The van der Waals surface area contributed by atoms with Crippen LogP contribution in [0.5, 0.6) is 0 Å². The van der Waals surface area contributed by atoms with E-state index < -0.39 is 0 Å². The Kier molecular flexibility index (Phi) is 7.45. The van der Waals surface area contributed by atoms with E-state index in [-0.39, 0.29) is 17.8 Å². The zero-order chi connectivity index (χ0) is 24.8. The van der Waals surface area contributed by atoms with Gasteiger partial charge in [-0.3, -0.25) is 15.3 Å². The number of nitrogens with one attached hydrogen (secondary N) is 3. The number of hydrogen-bond donors (Lipinski definition) is 3. The minimum atomic E-state index is -0.142. The van der Waals surface area contributed by atoms with Crippen LogP contribution in [0, 0.1) is 11.3 Å². The van der Waals surface area contributed by atoms with E-state index in [1.54, 1.807) is 23.0 Å². The van der Waals surface area contributed by atoms with Gasteiger partial charge in [-0.25, -0.2) is 4.79 Å². The van der Waals surface area contributed by atoms with Crippen LogP contribution in [-0.2, 0) is 6.54 Å². The molecular formula is C28H32N6O. The molecule has 7 heteroatoms. The van der Waals surface area contributed by atoms with E-state index in [0.717, 1.165) is 33.9 Å². The highest BCUT2D eigenvalue weighted by atomic mass is 16.2. The zero-order valence-electron chi connectivity index (χ0n) is 20.5. The molecule has 4 rings (SSSR count). The van der Waals surface area contributed by atoms with E-state index in [0.29, 0.717) is 19.6 Å². The predicted octanol–water partition coefficient (Wildman–Crippen LogP) is 5.16. The van der Waals surface area contributed by atoms with Crippen LogP contribution in [0.2, 0.25) is 0 Å². The number of benzene rings is 2. The van der Waals surface area contributed by atoms with Crippen LogP contribution in [0.1, 0.15) is 19.4 Å². The number of amidine groups is 1. The summed E-state index contributed by atoms with van der Waals surface area (Å²) >= 11 is 0. The number of hydrogen-bond acceptors (Lipinski definition) is 5. The fourth-order valence-electron chi connectivity index (χ4n) is 3.99. The number of anilines is 1. The molecule has 3 aromatic rings. The van der Waals surface area contributed by atoms with Crippen LogP contribution in [0.4, 0.5) is 10.5 Å². The third-order valence-corrected chi connectivity index (χ3v) is 5.79. The molecule has 2 amide bonds. The first-order valence-electron chi connectivity index (χ1n) is 11.8. The number of para-hydroxylation sites is 1. The maximum Gasteiger partial charge on any atom is 0.325 e. The molecule has 0 saturated carbocycles. The number of pyridine rings is 1. The van der Waals surface area contributed by atoms with Gasteiger partial charge in [0, 0.05) is 37.6 Å². The van der Waals surface area contributed by atoms with Crippen molar-refractivity contribution in [2.75, 3.05) is 25.5 Å². The second-order valence-corrected chi connectivity index (χ2v) is 9.10. The van der Waals surface area contributed by atoms with Crippen molar-refractivity contribution in [3.8, 4) is 11.3 Å². The summed E-state index contributed by atoms with van der Waals surface area (Å²) in [5, 5.41) is 15.8. The predicted molar refractivity (Wildman–Crippen MR) is 141 cm³/mol. The van der Waals surface area contributed by atoms with Crippen LogP contribution in [0.15, 0.2) is 90.4 Å². The van der Waals surface area contributed by atoms with Crippen molar-refractivity contribution in [1.29, 1.82) is 5.41 Å². The molecule has 0 atom stereocenters. The fourth-order valence-corrected chi connectivity index (χ4v) is 3.99. The molecule has 0 aliphatic carbocycles. The monoisotopic (exact) mass is 468 g/mol. The van der Waals surface area contributed by atoms with Gasteiger partial charge in [-0.05, 0) is 35.7 Å². The fraction of sp³-hybridized carbons (Fsp3) is 0.250. The molecule has 2 aromatic carbocycles. The molecule has 35 heavy (non-hydrogen) atoms. The van der Waals surface area contributed by atoms with Crippen molar-refractivity contribution in [2.24, 2.45) is 5.92 Å². The van der Waals surface area contributed by atoms with Gasteiger partial charge in [-0.15, -0.1) is 0 Å². The average molecular weight is 469 g/mol. The molecule has 1 aliphatic heterocycles. The van der Waals surface area contributed by atoms with Crippen molar-refractivity contribution in [2.45, 2.75) is 20.4 Å². The summed E-state index contributed by atoms with van der Waals surface area (Å²) in [6.45, 7) is 5.52. The van der Waals surface area contributed by atoms with Gasteiger partial charge in [0.25, 0.3) is 0 Å². The Labute approximate surface area is 207 Å².